The number of aromatic nitrogens is 2. The Morgan fingerprint density at radius 1 is 1.42 bits per heavy atom. The summed E-state index contributed by atoms with van der Waals surface area (Å²) in [4.78, 5) is 12.9. The van der Waals surface area contributed by atoms with Gasteiger partial charge in [0.2, 0.25) is 0 Å². The molecule has 1 aliphatic rings. The van der Waals surface area contributed by atoms with Crippen LogP contribution >= 0.6 is 23.5 Å². The van der Waals surface area contributed by atoms with Gasteiger partial charge in [-0.1, -0.05) is 11.8 Å². The molecule has 2 aromatic rings. The molecule has 0 fully saturated rings. The first-order valence-electron chi connectivity index (χ1n) is 7.20. The van der Waals surface area contributed by atoms with E-state index in [1.165, 1.54) is 18.0 Å². The van der Waals surface area contributed by atoms with Crippen LogP contribution in [0.2, 0.25) is 0 Å². The maximum absolute atomic E-state index is 8.84. The van der Waals surface area contributed by atoms with Gasteiger partial charge in [-0.05, 0) is 24.3 Å². The van der Waals surface area contributed by atoms with Gasteiger partial charge in [-0.15, -0.1) is 11.8 Å². The number of aliphatic imine (C=N–C) groups is 1. The summed E-state index contributed by atoms with van der Waals surface area (Å²) in [6.45, 7) is 0.769. The van der Waals surface area contributed by atoms with Crippen molar-refractivity contribution in [2.75, 3.05) is 25.1 Å². The Kier molecular flexibility index (Phi) is 5.23. The molecule has 0 aliphatic carbocycles. The average molecular weight is 357 g/mol. The molecule has 0 amide bonds. The number of hydrogen-bond donors (Lipinski definition) is 1. The zero-order valence-corrected chi connectivity index (χ0v) is 14.6. The molecule has 3 rings (SSSR count). The molecule has 1 aliphatic heterocycles. The van der Waals surface area contributed by atoms with Crippen LogP contribution in [0.3, 0.4) is 0 Å². The van der Waals surface area contributed by atoms with Crippen molar-refractivity contribution >= 4 is 34.4 Å². The molecule has 8 heteroatoms. The lowest BCUT2D eigenvalue weighted by molar-refractivity contribution is 0.415. The fourth-order valence-corrected chi connectivity index (χ4v) is 4.19. The predicted molar refractivity (Wildman–Crippen MR) is 97.7 cm³/mol. The molecule has 0 radical (unpaired) electrons. The van der Waals surface area contributed by atoms with E-state index < -0.39 is 0 Å². The minimum atomic E-state index is 0.226. The SMILES string of the molecule is COc1ccc(C2=NC[C@H](CSc3ncc(C#N)c(N)n3)S2)cc1. The van der Waals surface area contributed by atoms with Crippen molar-refractivity contribution in [2.45, 2.75) is 10.4 Å². The lowest BCUT2D eigenvalue weighted by Crippen LogP contribution is -2.08. The van der Waals surface area contributed by atoms with E-state index in [2.05, 4.69) is 15.0 Å². The summed E-state index contributed by atoms with van der Waals surface area (Å²) >= 11 is 3.29. The van der Waals surface area contributed by atoms with E-state index in [1.807, 2.05) is 30.3 Å². The van der Waals surface area contributed by atoms with Crippen molar-refractivity contribution in [3.05, 3.63) is 41.6 Å². The molecule has 0 saturated heterocycles. The fraction of sp³-hybridized carbons (Fsp3) is 0.250. The zero-order valence-electron chi connectivity index (χ0n) is 13.0. The third-order valence-electron chi connectivity index (χ3n) is 3.37. The van der Waals surface area contributed by atoms with Crippen molar-refractivity contribution in [2.24, 2.45) is 4.99 Å². The van der Waals surface area contributed by atoms with E-state index in [0.717, 1.165) is 28.7 Å². The van der Waals surface area contributed by atoms with Crippen LogP contribution in [0, 0.1) is 11.3 Å². The molecule has 2 heterocycles. The van der Waals surface area contributed by atoms with E-state index in [0.29, 0.717) is 16.0 Å². The summed E-state index contributed by atoms with van der Waals surface area (Å²) in [6, 6.07) is 9.87. The topological polar surface area (TPSA) is 97.2 Å². The molecule has 0 saturated carbocycles. The summed E-state index contributed by atoms with van der Waals surface area (Å²) in [5, 5.41) is 10.8. The number of nitrogens with zero attached hydrogens (tertiary/aromatic N) is 4. The fourth-order valence-electron chi connectivity index (χ4n) is 2.10. The van der Waals surface area contributed by atoms with Crippen LogP contribution in [0.25, 0.3) is 0 Å². The van der Waals surface area contributed by atoms with Gasteiger partial charge < -0.3 is 10.5 Å². The first-order valence-corrected chi connectivity index (χ1v) is 9.07. The Bertz CT molecular complexity index is 801. The highest BCUT2D eigenvalue weighted by atomic mass is 32.2. The molecular weight excluding hydrogens is 342 g/mol. The summed E-state index contributed by atoms with van der Waals surface area (Å²) in [6.07, 6.45) is 1.46. The summed E-state index contributed by atoms with van der Waals surface area (Å²) in [7, 11) is 1.65. The number of nitrogen functional groups attached to an aromatic ring is 1. The Hall–Kier alpha value is -2.24. The number of hydrogen-bond acceptors (Lipinski definition) is 8. The lowest BCUT2D eigenvalue weighted by atomic mass is 10.2. The Balaban J connectivity index is 1.55. The number of nitriles is 1. The summed E-state index contributed by atoms with van der Waals surface area (Å²) in [5.74, 6) is 1.90. The van der Waals surface area contributed by atoms with Gasteiger partial charge in [0.05, 0.1) is 24.9 Å². The number of rotatable bonds is 5. The van der Waals surface area contributed by atoms with Crippen LogP contribution < -0.4 is 10.5 Å². The van der Waals surface area contributed by atoms with E-state index >= 15 is 0 Å². The molecule has 1 aromatic carbocycles. The monoisotopic (exact) mass is 357 g/mol. The lowest BCUT2D eigenvalue weighted by Gasteiger charge is -2.08. The van der Waals surface area contributed by atoms with Gasteiger partial charge in [0, 0.05) is 16.6 Å². The highest BCUT2D eigenvalue weighted by Gasteiger charge is 2.21. The van der Waals surface area contributed by atoms with Crippen LogP contribution in [-0.2, 0) is 0 Å². The second-order valence-electron chi connectivity index (χ2n) is 4.99. The van der Waals surface area contributed by atoms with Crippen molar-refractivity contribution in [3.8, 4) is 11.8 Å². The largest absolute Gasteiger partial charge is 0.497 e. The van der Waals surface area contributed by atoms with E-state index in [1.54, 1.807) is 18.9 Å². The zero-order chi connectivity index (χ0) is 16.9. The smallest absolute Gasteiger partial charge is 0.189 e. The molecule has 6 nitrogen and oxygen atoms in total. The number of methoxy groups -OCH3 is 1. The van der Waals surface area contributed by atoms with Gasteiger partial charge >= 0.3 is 0 Å². The molecule has 0 bridgehead atoms. The number of benzene rings is 1. The number of ether oxygens (including phenoxy) is 1. The molecular formula is C16H15N5OS2. The van der Waals surface area contributed by atoms with Gasteiger partial charge in [-0.3, -0.25) is 4.99 Å². The van der Waals surface area contributed by atoms with Gasteiger partial charge in [-0.25, -0.2) is 9.97 Å². The van der Waals surface area contributed by atoms with Gasteiger partial charge in [-0.2, -0.15) is 5.26 Å². The molecule has 24 heavy (non-hydrogen) atoms. The normalized spacial score (nSPS) is 16.5. The highest BCUT2D eigenvalue weighted by Crippen LogP contribution is 2.30. The summed E-state index contributed by atoms with van der Waals surface area (Å²) < 4.78 is 5.17. The quantitative estimate of drug-likeness (QED) is 0.649. The van der Waals surface area contributed by atoms with E-state index in [4.69, 9.17) is 15.7 Å². The van der Waals surface area contributed by atoms with Gasteiger partial charge in [0.1, 0.15) is 23.2 Å². The van der Waals surface area contributed by atoms with Crippen LogP contribution in [0.4, 0.5) is 5.82 Å². The molecule has 1 aromatic heterocycles. The molecule has 0 spiro atoms. The Morgan fingerprint density at radius 3 is 2.88 bits per heavy atom. The molecule has 0 unspecified atom stereocenters. The Morgan fingerprint density at radius 2 is 2.21 bits per heavy atom. The molecule has 122 valence electrons. The standard InChI is InChI=1S/C16H15N5OS2/c1-22-12-4-2-10(3-5-12)15-19-8-13(24-15)9-23-16-20-7-11(6-17)14(18)21-16/h2-5,7,13H,8-9H2,1H3,(H2,18,20,21)/t13-/m1/s1. The van der Waals surface area contributed by atoms with Gasteiger partial charge in [0.25, 0.3) is 0 Å². The van der Waals surface area contributed by atoms with Crippen LogP contribution in [0.5, 0.6) is 5.75 Å². The number of nitrogens with two attached hydrogens (primary N) is 1. The van der Waals surface area contributed by atoms with Gasteiger partial charge in [0.15, 0.2) is 5.16 Å². The predicted octanol–water partition coefficient (Wildman–Crippen LogP) is 2.59. The van der Waals surface area contributed by atoms with Crippen molar-refractivity contribution in [1.29, 1.82) is 5.26 Å². The second-order valence-corrected chi connectivity index (χ2v) is 7.26. The molecule has 2 N–H and O–H groups in total. The minimum Gasteiger partial charge on any atom is -0.497 e. The van der Waals surface area contributed by atoms with Crippen molar-refractivity contribution in [1.82, 2.24) is 9.97 Å². The Labute approximate surface area is 148 Å². The van der Waals surface area contributed by atoms with Crippen molar-refractivity contribution < 1.29 is 4.74 Å². The number of thioether (sulfide) groups is 2. The van der Waals surface area contributed by atoms with Crippen LogP contribution in [-0.4, -0.2) is 39.7 Å². The third-order valence-corrected chi connectivity index (χ3v) is 5.84. The molecule has 1 atom stereocenters. The first kappa shape index (κ1) is 16.6. The first-order chi connectivity index (χ1) is 11.7. The average Bonchev–Trinajstić information content (AvgIpc) is 3.09. The van der Waals surface area contributed by atoms with Crippen LogP contribution in [0.15, 0.2) is 40.6 Å². The maximum Gasteiger partial charge on any atom is 0.189 e. The minimum absolute atomic E-state index is 0.226. The van der Waals surface area contributed by atoms with Crippen LogP contribution in [0.1, 0.15) is 11.1 Å². The number of anilines is 1. The van der Waals surface area contributed by atoms with E-state index in [-0.39, 0.29) is 5.82 Å². The maximum atomic E-state index is 8.84. The third kappa shape index (κ3) is 3.80. The summed E-state index contributed by atoms with van der Waals surface area (Å²) in [5.41, 5.74) is 7.12. The highest BCUT2D eigenvalue weighted by molar-refractivity contribution is 8.16. The van der Waals surface area contributed by atoms with Crippen molar-refractivity contribution in [3.63, 3.8) is 0 Å². The van der Waals surface area contributed by atoms with E-state index in [9.17, 15) is 0 Å². The second kappa shape index (κ2) is 7.55.